The predicted octanol–water partition coefficient (Wildman–Crippen LogP) is 3.78. The number of hydrogen-bond acceptors (Lipinski definition) is 0. The second-order valence-corrected chi connectivity index (χ2v) is 3.06. The van der Waals surface area contributed by atoms with E-state index in [9.17, 15) is 0 Å². The Morgan fingerprint density at radius 3 is 2.50 bits per heavy atom. The summed E-state index contributed by atoms with van der Waals surface area (Å²) in [6.07, 6.45) is 8.87. The lowest BCUT2D eigenvalue weighted by atomic mass is 10.0. The molecule has 0 radical (unpaired) electrons. The minimum absolute atomic E-state index is 0.719. The van der Waals surface area contributed by atoms with Gasteiger partial charge in [0.1, 0.15) is 0 Å². The first-order chi connectivity index (χ1) is 4.81. The minimum Gasteiger partial charge on any atom is -0.103 e. The van der Waals surface area contributed by atoms with Crippen molar-refractivity contribution in [1.29, 1.82) is 0 Å². The summed E-state index contributed by atoms with van der Waals surface area (Å²) < 4.78 is 0. The Hall–Kier alpha value is -0.260. The molecule has 0 aliphatic carbocycles. The molecule has 0 nitrogen and oxygen atoms in total. The van der Waals surface area contributed by atoms with Gasteiger partial charge >= 0.3 is 0 Å². The first kappa shape index (κ1) is 9.74. The highest BCUT2D eigenvalue weighted by Gasteiger charge is 1.94. The Labute approximate surface area is 65.3 Å². The lowest BCUT2D eigenvalue weighted by Crippen LogP contribution is -1.88. The van der Waals surface area contributed by atoms with Gasteiger partial charge in [-0.25, -0.2) is 0 Å². The second kappa shape index (κ2) is 6.85. The van der Waals surface area contributed by atoms with Gasteiger partial charge in [0.05, 0.1) is 0 Å². The molecule has 0 spiro atoms. The quantitative estimate of drug-likeness (QED) is 0.389. The zero-order valence-corrected chi connectivity index (χ0v) is 7.40. The van der Waals surface area contributed by atoms with Gasteiger partial charge in [0.15, 0.2) is 0 Å². The van der Waals surface area contributed by atoms with Crippen molar-refractivity contribution in [2.75, 3.05) is 0 Å². The summed E-state index contributed by atoms with van der Waals surface area (Å²) in [5, 5.41) is 0. The van der Waals surface area contributed by atoms with Crippen molar-refractivity contribution in [1.82, 2.24) is 0 Å². The monoisotopic (exact) mass is 140 g/mol. The molecule has 0 fully saturated rings. The van der Waals surface area contributed by atoms with Gasteiger partial charge in [-0.05, 0) is 12.3 Å². The fraction of sp³-hybridized carbons (Fsp3) is 0.800. The van der Waals surface area contributed by atoms with Gasteiger partial charge in [-0.1, -0.05) is 45.6 Å². The van der Waals surface area contributed by atoms with Crippen molar-refractivity contribution in [3.63, 3.8) is 0 Å². The maximum Gasteiger partial charge on any atom is -0.0265 e. The van der Waals surface area contributed by atoms with E-state index >= 15 is 0 Å². The van der Waals surface area contributed by atoms with Crippen LogP contribution in [0.2, 0.25) is 0 Å². The molecule has 60 valence electrons. The highest BCUT2D eigenvalue weighted by molar-refractivity contribution is 4.74. The summed E-state index contributed by atoms with van der Waals surface area (Å²) in [6, 6.07) is 0. The van der Waals surface area contributed by atoms with Crippen molar-refractivity contribution < 1.29 is 0 Å². The Morgan fingerprint density at radius 2 is 2.00 bits per heavy atom. The third-order valence-corrected chi connectivity index (χ3v) is 1.92. The van der Waals surface area contributed by atoms with E-state index in [1.165, 1.54) is 32.1 Å². The van der Waals surface area contributed by atoms with E-state index in [-0.39, 0.29) is 0 Å². The van der Waals surface area contributed by atoms with Crippen LogP contribution in [0.3, 0.4) is 0 Å². The molecule has 10 heavy (non-hydrogen) atoms. The third-order valence-electron chi connectivity index (χ3n) is 1.92. The van der Waals surface area contributed by atoms with Crippen LogP contribution in [0.1, 0.15) is 46.0 Å². The van der Waals surface area contributed by atoms with Crippen LogP contribution < -0.4 is 0 Å². The summed E-state index contributed by atoms with van der Waals surface area (Å²) in [6.45, 7) is 8.24. The van der Waals surface area contributed by atoms with Crippen molar-refractivity contribution in [2.45, 2.75) is 46.0 Å². The molecule has 0 aromatic rings. The number of allylic oxidation sites excluding steroid dienone is 1. The van der Waals surface area contributed by atoms with E-state index in [4.69, 9.17) is 0 Å². The Morgan fingerprint density at radius 1 is 1.30 bits per heavy atom. The van der Waals surface area contributed by atoms with E-state index in [0.29, 0.717) is 0 Å². The molecule has 0 saturated heterocycles. The standard InChI is InChI=1S/C10H20/c1-4-6-7-8-9-10(3)5-2/h5,10H,2,4,6-9H2,1,3H3/t10-/m1/s1. The molecule has 0 unspecified atom stereocenters. The van der Waals surface area contributed by atoms with E-state index < -0.39 is 0 Å². The highest BCUT2D eigenvalue weighted by Crippen LogP contribution is 2.10. The van der Waals surface area contributed by atoms with Gasteiger partial charge in [0.25, 0.3) is 0 Å². The smallest absolute Gasteiger partial charge is 0.0265 e. The molecule has 0 bridgehead atoms. The molecule has 0 N–H and O–H groups in total. The molecular weight excluding hydrogens is 120 g/mol. The Kier molecular flexibility index (Phi) is 6.68. The fourth-order valence-corrected chi connectivity index (χ4v) is 1.01. The lowest BCUT2D eigenvalue weighted by molar-refractivity contribution is 0.562. The van der Waals surface area contributed by atoms with Gasteiger partial charge < -0.3 is 0 Å². The zero-order valence-electron chi connectivity index (χ0n) is 7.40. The largest absolute Gasteiger partial charge is 0.103 e. The van der Waals surface area contributed by atoms with Crippen LogP contribution >= 0.6 is 0 Å². The number of unbranched alkanes of at least 4 members (excludes halogenated alkanes) is 3. The SMILES string of the molecule is C=C[C@@H](C)CCCCCC. The minimum atomic E-state index is 0.719. The van der Waals surface area contributed by atoms with E-state index in [2.05, 4.69) is 20.4 Å². The van der Waals surface area contributed by atoms with Gasteiger partial charge in [-0.15, -0.1) is 6.58 Å². The summed E-state index contributed by atoms with van der Waals surface area (Å²) >= 11 is 0. The van der Waals surface area contributed by atoms with Crippen LogP contribution in [0.25, 0.3) is 0 Å². The van der Waals surface area contributed by atoms with Crippen molar-refractivity contribution in [2.24, 2.45) is 5.92 Å². The Bertz CT molecular complexity index is 74.1. The fourth-order valence-electron chi connectivity index (χ4n) is 1.01. The molecule has 0 heterocycles. The van der Waals surface area contributed by atoms with Gasteiger partial charge in [-0.3, -0.25) is 0 Å². The first-order valence-electron chi connectivity index (χ1n) is 4.43. The maximum atomic E-state index is 3.76. The van der Waals surface area contributed by atoms with Crippen LogP contribution in [0.5, 0.6) is 0 Å². The molecule has 0 aliphatic rings. The van der Waals surface area contributed by atoms with E-state index in [1.54, 1.807) is 0 Å². The summed E-state index contributed by atoms with van der Waals surface area (Å²) in [7, 11) is 0. The van der Waals surface area contributed by atoms with Crippen LogP contribution in [0.4, 0.5) is 0 Å². The Balaban J connectivity index is 2.95. The third kappa shape index (κ3) is 5.87. The van der Waals surface area contributed by atoms with Gasteiger partial charge in [0, 0.05) is 0 Å². The molecule has 0 aromatic heterocycles. The molecule has 0 amide bonds. The molecule has 0 aliphatic heterocycles. The molecule has 0 saturated carbocycles. The van der Waals surface area contributed by atoms with E-state index in [0.717, 1.165) is 5.92 Å². The predicted molar refractivity (Wildman–Crippen MR) is 48.1 cm³/mol. The van der Waals surface area contributed by atoms with Crippen molar-refractivity contribution >= 4 is 0 Å². The summed E-state index contributed by atoms with van der Waals surface area (Å²) in [4.78, 5) is 0. The van der Waals surface area contributed by atoms with Crippen LogP contribution in [0.15, 0.2) is 12.7 Å². The summed E-state index contributed by atoms with van der Waals surface area (Å²) in [5.74, 6) is 0.719. The maximum absolute atomic E-state index is 3.76. The molecular formula is C10H20. The van der Waals surface area contributed by atoms with Crippen LogP contribution in [-0.4, -0.2) is 0 Å². The average molecular weight is 140 g/mol. The lowest BCUT2D eigenvalue weighted by Gasteiger charge is -2.03. The molecule has 0 rings (SSSR count). The highest BCUT2D eigenvalue weighted by atomic mass is 14.0. The topological polar surface area (TPSA) is 0 Å². The molecule has 1 atom stereocenters. The molecule has 0 aromatic carbocycles. The van der Waals surface area contributed by atoms with Gasteiger partial charge in [0.2, 0.25) is 0 Å². The average Bonchev–Trinajstić information content (AvgIpc) is 1.98. The first-order valence-corrected chi connectivity index (χ1v) is 4.43. The number of rotatable bonds is 6. The van der Waals surface area contributed by atoms with E-state index in [1.807, 2.05) is 6.08 Å². The molecule has 0 heteroatoms. The zero-order chi connectivity index (χ0) is 7.82. The summed E-state index contributed by atoms with van der Waals surface area (Å²) in [5.41, 5.74) is 0. The van der Waals surface area contributed by atoms with Gasteiger partial charge in [-0.2, -0.15) is 0 Å². The van der Waals surface area contributed by atoms with Crippen molar-refractivity contribution in [3.05, 3.63) is 12.7 Å². The number of hydrogen-bond donors (Lipinski definition) is 0. The van der Waals surface area contributed by atoms with Crippen LogP contribution in [0, 0.1) is 5.92 Å². The van der Waals surface area contributed by atoms with Crippen molar-refractivity contribution in [3.8, 4) is 0 Å². The normalized spacial score (nSPS) is 13.0. The second-order valence-electron chi connectivity index (χ2n) is 3.06. The van der Waals surface area contributed by atoms with Crippen LogP contribution in [-0.2, 0) is 0 Å².